The Labute approximate surface area is 300 Å². The van der Waals surface area contributed by atoms with Gasteiger partial charge >= 0.3 is 11.9 Å². The summed E-state index contributed by atoms with van der Waals surface area (Å²) in [6, 6.07) is 0. The monoisotopic (exact) mass is 685 g/mol. The quantitative estimate of drug-likeness (QED) is 0.0309. The third-order valence-electron chi connectivity index (χ3n) is 7.98. The molecule has 0 bridgehead atoms. The molecule has 2 N–H and O–H groups in total. The molecule has 0 amide bonds. The second kappa shape index (κ2) is 36.6. The fraction of sp³-hybridized carbons (Fsp3) is 0.674. The Kier molecular flexibility index (Phi) is 34.6. The van der Waals surface area contributed by atoms with E-state index in [4.69, 9.17) is 9.47 Å². The highest BCUT2D eigenvalue weighted by Gasteiger charge is 2.11. The number of aliphatic hydroxyl groups is 2. The minimum absolute atomic E-state index is 0.154. The molecule has 6 heteroatoms. The van der Waals surface area contributed by atoms with Gasteiger partial charge in [0, 0.05) is 12.8 Å². The van der Waals surface area contributed by atoms with Crippen molar-refractivity contribution >= 4 is 11.9 Å². The molecule has 0 aliphatic heterocycles. The second-order valence-corrected chi connectivity index (χ2v) is 13.4. The lowest BCUT2D eigenvalue weighted by Gasteiger charge is -2.12. The van der Waals surface area contributed by atoms with Crippen LogP contribution in [0, 0.1) is 5.92 Å². The van der Waals surface area contributed by atoms with Crippen molar-refractivity contribution in [1.29, 1.82) is 0 Å². The molecule has 0 heterocycles. The molecule has 0 radical (unpaired) electrons. The van der Waals surface area contributed by atoms with Gasteiger partial charge in [-0.05, 0) is 50.9 Å². The van der Waals surface area contributed by atoms with Crippen LogP contribution >= 0.6 is 0 Å². The normalized spacial score (nSPS) is 13.8. The lowest BCUT2D eigenvalue weighted by molar-refractivity contribution is -0.152. The van der Waals surface area contributed by atoms with Gasteiger partial charge in [0.2, 0.25) is 0 Å². The first kappa shape index (κ1) is 46.3. The van der Waals surface area contributed by atoms with Gasteiger partial charge < -0.3 is 19.7 Å². The molecule has 1 unspecified atom stereocenters. The number of unbranched alkanes of at least 4 members (excludes halogenated alkanes) is 11. The Hall–Kier alpha value is -2.70. The molecule has 0 aliphatic carbocycles. The van der Waals surface area contributed by atoms with Crippen molar-refractivity contribution < 1.29 is 29.3 Å². The molecule has 0 aromatic heterocycles. The van der Waals surface area contributed by atoms with Crippen LogP contribution in [0.2, 0.25) is 0 Å². The zero-order valence-corrected chi connectivity index (χ0v) is 31.5. The number of allylic oxidation sites excluding steroid dienone is 10. The van der Waals surface area contributed by atoms with Gasteiger partial charge in [0.1, 0.15) is 19.3 Å². The largest absolute Gasteiger partial charge is 0.463 e. The summed E-state index contributed by atoms with van der Waals surface area (Å²) >= 11 is 0. The van der Waals surface area contributed by atoms with Crippen molar-refractivity contribution in [2.24, 2.45) is 5.92 Å². The molecule has 0 rings (SSSR count). The highest BCUT2D eigenvalue weighted by molar-refractivity contribution is 5.70. The van der Waals surface area contributed by atoms with Crippen LogP contribution in [0.4, 0.5) is 0 Å². The molecule has 0 aromatic rings. The van der Waals surface area contributed by atoms with Crippen molar-refractivity contribution in [3.63, 3.8) is 0 Å². The highest BCUT2D eigenvalue weighted by atomic mass is 16.6. The third kappa shape index (κ3) is 38.0. The molecule has 0 aliphatic rings. The first-order valence-electron chi connectivity index (χ1n) is 19.5. The summed E-state index contributed by atoms with van der Waals surface area (Å²) in [6.07, 6.45) is 44.2. The molecule has 0 saturated heterocycles. The number of hydrogen-bond donors (Lipinski definition) is 2. The van der Waals surface area contributed by atoms with E-state index in [1.807, 2.05) is 36.5 Å². The molecule has 0 fully saturated rings. The zero-order valence-electron chi connectivity index (χ0n) is 31.5. The Morgan fingerprint density at radius 1 is 0.571 bits per heavy atom. The Morgan fingerprint density at radius 2 is 1.06 bits per heavy atom. The van der Waals surface area contributed by atoms with E-state index in [2.05, 4.69) is 51.2 Å². The van der Waals surface area contributed by atoms with Gasteiger partial charge in [-0.1, -0.05) is 171 Å². The number of carbonyl (C=O) groups excluding carboxylic acids is 2. The first-order chi connectivity index (χ1) is 23.8. The maximum absolute atomic E-state index is 12.0. The van der Waals surface area contributed by atoms with Crippen molar-refractivity contribution in [2.75, 3.05) is 13.2 Å². The van der Waals surface area contributed by atoms with E-state index in [1.54, 1.807) is 6.08 Å². The molecule has 280 valence electrons. The van der Waals surface area contributed by atoms with Crippen LogP contribution in [0.25, 0.3) is 0 Å². The van der Waals surface area contributed by atoms with Gasteiger partial charge in [0.05, 0.1) is 6.10 Å². The third-order valence-corrected chi connectivity index (χ3v) is 7.98. The van der Waals surface area contributed by atoms with Gasteiger partial charge in [-0.25, -0.2) is 0 Å². The van der Waals surface area contributed by atoms with Gasteiger partial charge in [0.15, 0.2) is 0 Å². The van der Waals surface area contributed by atoms with E-state index in [0.717, 1.165) is 50.9 Å². The average Bonchev–Trinajstić information content (AvgIpc) is 3.08. The van der Waals surface area contributed by atoms with Crippen molar-refractivity contribution in [2.45, 2.75) is 168 Å². The fourth-order valence-electron chi connectivity index (χ4n) is 5.03. The predicted octanol–water partition coefficient (Wildman–Crippen LogP) is 11.0. The highest BCUT2D eigenvalue weighted by Crippen LogP contribution is 2.14. The number of hydrogen-bond acceptors (Lipinski definition) is 6. The topological polar surface area (TPSA) is 93.1 Å². The Morgan fingerprint density at radius 3 is 1.65 bits per heavy atom. The molecule has 0 aromatic carbocycles. The lowest BCUT2D eigenvalue weighted by Crippen LogP contribution is -2.25. The smallest absolute Gasteiger partial charge is 0.306 e. The summed E-state index contributed by atoms with van der Waals surface area (Å²) < 4.78 is 10.3. The molecule has 49 heavy (non-hydrogen) atoms. The molecule has 6 nitrogen and oxygen atoms in total. The standard InChI is InChI=1S/C43H72O6/c1-4-5-6-7-23-28-33-40(44)34-29-24-19-15-12-13-17-21-26-31-36-43(47)49-38-41(45)37-48-42(46)35-30-25-20-16-11-9-8-10-14-18-22-27-32-39(2)3/h5-6,12-13,19,21,23-24,26,28-29,34,39-41,44-45H,4,7-11,14-18,20,22,25,27,30-33,35-38H2,1-3H3/b6-5-,13-12-,24-19-,26-21-,28-23-,34-29+/t40?,41-/m0/s1. The van der Waals surface area contributed by atoms with Gasteiger partial charge in [-0.2, -0.15) is 0 Å². The van der Waals surface area contributed by atoms with E-state index >= 15 is 0 Å². The van der Waals surface area contributed by atoms with Crippen LogP contribution in [0.5, 0.6) is 0 Å². The SMILES string of the molecule is CC/C=C\C/C=C\CC(O)/C=C/C=C\C/C=C\C/C=C\CCC(=O)OC[C@@H](O)COC(=O)CCCCCCCCCCCCCCC(C)C. The van der Waals surface area contributed by atoms with E-state index in [0.29, 0.717) is 19.3 Å². The van der Waals surface area contributed by atoms with Gasteiger partial charge in [0.25, 0.3) is 0 Å². The number of rotatable bonds is 33. The van der Waals surface area contributed by atoms with Gasteiger partial charge in [-0.3, -0.25) is 9.59 Å². The van der Waals surface area contributed by atoms with Crippen LogP contribution in [0.15, 0.2) is 72.9 Å². The maximum Gasteiger partial charge on any atom is 0.306 e. The van der Waals surface area contributed by atoms with E-state index in [-0.39, 0.29) is 31.6 Å². The van der Waals surface area contributed by atoms with Crippen molar-refractivity contribution in [1.82, 2.24) is 0 Å². The number of aliphatic hydroxyl groups excluding tert-OH is 2. The minimum Gasteiger partial charge on any atom is -0.463 e. The van der Waals surface area contributed by atoms with Crippen molar-refractivity contribution in [3.05, 3.63) is 72.9 Å². The summed E-state index contributed by atoms with van der Waals surface area (Å²) in [4.78, 5) is 23.9. The van der Waals surface area contributed by atoms with Crippen LogP contribution in [-0.2, 0) is 19.1 Å². The maximum atomic E-state index is 12.0. The summed E-state index contributed by atoms with van der Waals surface area (Å²) in [5.74, 6) is 0.140. The van der Waals surface area contributed by atoms with E-state index < -0.39 is 12.2 Å². The van der Waals surface area contributed by atoms with E-state index in [1.165, 1.54) is 64.2 Å². The number of esters is 2. The van der Waals surface area contributed by atoms with Crippen LogP contribution in [0.3, 0.4) is 0 Å². The van der Waals surface area contributed by atoms with Gasteiger partial charge in [-0.15, -0.1) is 0 Å². The predicted molar refractivity (Wildman–Crippen MR) is 206 cm³/mol. The molecule has 0 saturated carbocycles. The number of ether oxygens (including phenoxy) is 2. The average molecular weight is 685 g/mol. The minimum atomic E-state index is -1.01. The van der Waals surface area contributed by atoms with E-state index in [9.17, 15) is 19.8 Å². The summed E-state index contributed by atoms with van der Waals surface area (Å²) in [5.41, 5.74) is 0. The van der Waals surface area contributed by atoms with Crippen LogP contribution in [0.1, 0.15) is 156 Å². The lowest BCUT2D eigenvalue weighted by atomic mass is 10.0. The summed E-state index contributed by atoms with van der Waals surface area (Å²) in [5, 5.41) is 19.9. The number of carbonyl (C=O) groups is 2. The summed E-state index contributed by atoms with van der Waals surface area (Å²) in [7, 11) is 0. The first-order valence-corrected chi connectivity index (χ1v) is 19.5. The van der Waals surface area contributed by atoms with Crippen LogP contribution < -0.4 is 0 Å². The molecule has 0 spiro atoms. The molecular weight excluding hydrogens is 612 g/mol. The Balaban J connectivity index is 3.65. The van der Waals surface area contributed by atoms with Crippen molar-refractivity contribution in [3.8, 4) is 0 Å². The molecular formula is C43H72O6. The summed E-state index contributed by atoms with van der Waals surface area (Å²) in [6.45, 7) is 6.38. The zero-order chi connectivity index (χ0) is 36.0. The molecule has 2 atom stereocenters. The second-order valence-electron chi connectivity index (χ2n) is 13.4. The fourth-order valence-corrected chi connectivity index (χ4v) is 5.03. The Bertz CT molecular complexity index is 942. The van der Waals surface area contributed by atoms with Crippen LogP contribution in [-0.4, -0.2) is 47.6 Å².